The maximum atomic E-state index is 11.9. The third kappa shape index (κ3) is 8.39. The van der Waals surface area contributed by atoms with Gasteiger partial charge in [0.25, 0.3) is 5.91 Å². The lowest BCUT2D eigenvalue weighted by Gasteiger charge is -2.10. The minimum atomic E-state index is -0.585. The number of nitrogens with one attached hydrogen (secondary N) is 3. The number of aliphatic imine (C=N–C) groups is 1. The summed E-state index contributed by atoms with van der Waals surface area (Å²) in [7, 11) is 0. The standard InChI is InChI=1S/C20H28N6O3.HI/c1-4-22-20(25-11-16-9-17(13(2)3)26-29-16)24-10-14-5-7-15(8-6-14)19(28)23-12-18(21)27;/h5-9,13H,4,10-12H2,1-3H3,(H2,21,27)(H,23,28)(H2,22,24,25);1H. The Morgan fingerprint density at radius 1 is 1.17 bits per heavy atom. The van der Waals surface area contributed by atoms with E-state index in [-0.39, 0.29) is 36.4 Å². The molecular weight excluding hydrogens is 499 g/mol. The van der Waals surface area contributed by atoms with Crippen LogP contribution in [-0.2, 0) is 17.9 Å². The van der Waals surface area contributed by atoms with E-state index in [0.717, 1.165) is 23.6 Å². The third-order valence-corrected chi connectivity index (χ3v) is 4.00. The molecule has 0 aliphatic heterocycles. The second-order valence-corrected chi connectivity index (χ2v) is 6.77. The van der Waals surface area contributed by atoms with Gasteiger partial charge in [0.2, 0.25) is 5.91 Å². The Hall–Kier alpha value is -2.63. The van der Waals surface area contributed by atoms with Crippen molar-refractivity contribution in [3.8, 4) is 0 Å². The van der Waals surface area contributed by atoms with Crippen LogP contribution in [0.25, 0.3) is 0 Å². The molecule has 1 aromatic heterocycles. The van der Waals surface area contributed by atoms with E-state index in [9.17, 15) is 9.59 Å². The predicted octanol–water partition coefficient (Wildman–Crippen LogP) is 1.89. The quantitative estimate of drug-likeness (QED) is 0.223. The smallest absolute Gasteiger partial charge is 0.251 e. The molecule has 2 rings (SSSR count). The number of benzene rings is 1. The maximum absolute atomic E-state index is 11.9. The number of amides is 2. The molecule has 9 nitrogen and oxygen atoms in total. The van der Waals surface area contributed by atoms with Crippen molar-refractivity contribution in [2.75, 3.05) is 13.1 Å². The van der Waals surface area contributed by atoms with Crippen LogP contribution >= 0.6 is 24.0 Å². The van der Waals surface area contributed by atoms with E-state index in [2.05, 4.69) is 39.9 Å². The minimum absolute atomic E-state index is 0. The van der Waals surface area contributed by atoms with Gasteiger partial charge in [-0.3, -0.25) is 9.59 Å². The summed E-state index contributed by atoms with van der Waals surface area (Å²) in [6, 6.07) is 8.94. The van der Waals surface area contributed by atoms with Gasteiger partial charge in [-0.05, 0) is 30.5 Å². The van der Waals surface area contributed by atoms with Crippen molar-refractivity contribution in [1.82, 2.24) is 21.1 Å². The molecule has 0 atom stereocenters. The molecule has 0 aliphatic rings. The lowest BCUT2D eigenvalue weighted by Crippen LogP contribution is -2.36. The van der Waals surface area contributed by atoms with Gasteiger partial charge in [-0.15, -0.1) is 24.0 Å². The Bertz CT molecular complexity index is 848. The monoisotopic (exact) mass is 528 g/mol. The van der Waals surface area contributed by atoms with Crippen molar-refractivity contribution >= 4 is 41.8 Å². The predicted molar refractivity (Wildman–Crippen MR) is 126 cm³/mol. The summed E-state index contributed by atoms with van der Waals surface area (Å²) in [5.41, 5.74) is 7.34. The molecule has 1 aromatic carbocycles. The molecule has 1 heterocycles. The van der Waals surface area contributed by atoms with Crippen LogP contribution in [0.3, 0.4) is 0 Å². The summed E-state index contributed by atoms with van der Waals surface area (Å²) in [5, 5.41) is 12.9. The first-order chi connectivity index (χ1) is 13.9. The second-order valence-electron chi connectivity index (χ2n) is 6.77. The molecule has 5 N–H and O–H groups in total. The maximum Gasteiger partial charge on any atom is 0.251 e. The summed E-state index contributed by atoms with van der Waals surface area (Å²) in [6.07, 6.45) is 0. The van der Waals surface area contributed by atoms with Crippen molar-refractivity contribution in [2.45, 2.75) is 39.8 Å². The van der Waals surface area contributed by atoms with E-state index in [1.807, 2.05) is 25.1 Å². The van der Waals surface area contributed by atoms with E-state index in [1.165, 1.54) is 0 Å². The molecule has 2 aromatic rings. The number of hydrogen-bond acceptors (Lipinski definition) is 5. The van der Waals surface area contributed by atoms with Crippen molar-refractivity contribution in [1.29, 1.82) is 0 Å². The highest BCUT2D eigenvalue weighted by Gasteiger charge is 2.09. The average Bonchev–Trinajstić information content (AvgIpc) is 3.18. The first kappa shape index (κ1) is 25.4. The van der Waals surface area contributed by atoms with Crippen LogP contribution in [0.1, 0.15) is 54.1 Å². The number of primary amides is 1. The average molecular weight is 528 g/mol. The molecule has 164 valence electrons. The fourth-order valence-electron chi connectivity index (χ4n) is 2.40. The largest absolute Gasteiger partial charge is 0.368 e. The molecule has 0 unspecified atom stereocenters. The zero-order valence-electron chi connectivity index (χ0n) is 17.4. The van der Waals surface area contributed by atoms with Crippen LogP contribution in [0.2, 0.25) is 0 Å². The topological polar surface area (TPSA) is 135 Å². The normalized spacial score (nSPS) is 11.0. The second kappa shape index (κ2) is 12.8. The van der Waals surface area contributed by atoms with Crippen LogP contribution in [0.4, 0.5) is 0 Å². The van der Waals surface area contributed by atoms with Gasteiger partial charge in [0.1, 0.15) is 0 Å². The Labute approximate surface area is 193 Å². The molecule has 30 heavy (non-hydrogen) atoms. The molecule has 10 heteroatoms. The number of guanidine groups is 1. The van der Waals surface area contributed by atoms with Gasteiger partial charge in [0.15, 0.2) is 11.7 Å². The molecule has 0 spiro atoms. The Morgan fingerprint density at radius 2 is 1.87 bits per heavy atom. The number of rotatable bonds is 9. The van der Waals surface area contributed by atoms with Gasteiger partial charge in [-0.2, -0.15) is 0 Å². The lowest BCUT2D eigenvalue weighted by atomic mass is 10.1. The lowest BCUT2D eigenvalue weighted by molar-refractivity contribution is -0.117. The fourth-order valence-corrected chi connectivity index (χ4v) is 2.40. The molecule has 0 aliphatic carbocycles. The van der Waals surface area contributed by atoms with Crippen LogP contribution in [-0.4, -0.2) is 36.0 Å². The van der Waals surface area contributed by atoms with Crippen molar-refractivity contribution in [3.63, 3.8) is 0 Å². The van der Waals surface area contributed by atoms with E-state index in [4.69, 9.17) is 10.3 Å². The van der Waals surface area contributed by atoms with E-state index >= 15 is 0 Å². The Balaban J connectivity index is 0.00000450. The highest BCUT2D eigenvalue weighted by atomic mass is 127. The number of carbonyl (C=O) groups excluding carboxylic acids is 2. The Morgan fingerprint density at radius 3 is 2.43 bits per heavy atom. The fraction of sp³-hybridized carbons (Fsp3) is 0.400. The number of carbonyl (C=O) groups is 2. The minimum Gasteiger partial charge on any atom is -0.368 e. The summed E-state index contributed by atoms with van der Waals surface area (Å²) in [4.78, 5) is 27.2. The number of halogens is 1. The van der Waals surface area contributed by atoms with Gasteiger partial charge in [-0.1, -0.05) is 31.1 Å². The van der Waals surface area contributed by atoms with Crippen molar-refractivity contribution < 1.29 is 14.1 Å². The Kier molecular flexibility index (Phi) is 10.9. The molecule has 0 saturated carbocycles. The summed E-state index contributed by atoms with van der Waals surface area (Å²) < 4.78 is 5.33. The molecular formula is C20H29IN6O3. The van der Waals surface area contributed by atoms with Crippen molar-refractivity contribution in [2.24, 2.45) is 10.7 Å². The van der Waals surface area contributed by atoms with E-state index < -0.39 is 5.91 Å². The first-order valence-electron chi connectivity index (χ1n) is 9.52. The SMILES string of the molecule is CCNC(=NCc1ccc(C(=O)NCC(N)=O)cc1)NCc1cc(C(C)C)no1.I. The number of nitrogens with zero attached hydrogens (tertiary/aromatic N) is 2. The molecule has 0 radical (unpaired) electrons. The van der Waals surface area contributed by atoms with Crippen LogP contribution in [0.15, 0.2) is 39.8 Å². The van der Waals surface area contributed by atoms with Gasteiger partial charge in [0.05, 0.1) is 25.3 Å². The summed E-state index contributed by atoms with van der Waals surface area (Å²) in [6.45, 7) is 7.56. The van der Waals surface area contributed by atoms with Crippen LogP contribution < -0.4 is 21.7 Å². The molecule has 0 bridgehead atoms. The molecule has 0 fully saturated rings. The number of nitrogens with two attached hydrogens (primary N) is 1. The van der Waals surface area contributed by atoms with Gasteiger partial charge < -0.3 is 26.2 Å². The van der Waals surface area contributed by atoms with Gasteiger partial charge >= 0.3 is 0 Å². The van der Waals surface area contributed by atoms with Crippen LogP contribution in [0.5, 0.6) is 0 Å². The molecule has 2 amide bonds. The van der Waals surface area contributed by atoms with E-state index in [0.29, 0.717) is 30.5 Å². The first-order valence-corrected chi connectivity index (χ1v) is 9.52. The van der Waals surface area contributed by atoms with E-state index in [1.54, 1.807) is 12.1 Å². The summed E-state index contributed by atoms with van der Waals surface area (Å²) in [5.74, 6) is 0.777. The number of hydrogen-bond donors (Lipinski definition) is 4. The van der Waals surface area contributed by atoms with Gasteiger partial charge in [0, 0.05) is 18.2 Å². The zero-order chi connectivity index (χ0) is 21.2. The molecule has 0 saturated heterocycles. The van der Waals surface area contributed by atoms with Crippen molar-refractivity contribution in [3.05, 3.63) is 52.9 Å². The zero-order valence-corrected chi connectivity index (χ0v) is 19.7. The summed E-state index contributed by atoms with van der Waals surface area (Å²) >= 11 is 0. The van der Waals surface area contributed by atoms with Gasteiger partial charge in [-0.25, -0.2) is 4.99 Å². The number of aromatic nitrogens is 1. The third-order valence-electron chi connectivity index (χ3n) is 4.00. The highest BCUT2D eigenvalue weighted by molar-refractivity contribution is 14.0. The highest BCUT2D eigenvalue weighted by Crippen LogP contribution is 2.13. The van der Waals surface area contributed by atoms with Crippen LogP contribution in [0, 0.1) is 0 Å².